The standard InChI is InChI=1S/C14H20N6/c1-8-15-13(18-19(8)2)11-6-10(11)7-12-16-14(9-4-5-9)20(3)17-12/h9-11H,4-7H2,1-3H3. The highest BCUT2D eigenvalue weighted by atomic mass is 15.3. The summed E-state index contributed by atoms with van der Waals surface area (Å²) in [6, 6.07) is 0. The first kappa shape index (κ1) is 12.1. The molecule has 0 N–H and O–H groups in total. The van der Waals surface area contributed by atoms with Crippen LogP contribution in [0.4, 0.5) is 0 Å². The van der Waals surface area contributed by atoms with E-state index in [1.165, 1.54) is 25.1 Å². The molecule has 2 saturated carbocycles. The molecule has 6 heteroatoms. The lowest BCUT2D eigenvalue weighted by Gasteiger charge is -1.92. The van der Waals surface area contributed by atoms with Gasteiger partial charge in [0.05, 0.1) is 0 Å². The van der Waals surface area contributed by atoms with Gasteiger partial charge in [0.2, 0.25) is 0 Å². The van der Waals surface area contributed by atoms with Crippen molar-refractivity contribution < 1.29 is 0 Å². The first-order valence-electron chi connectivity index (χ1n) is 7.39. The van der Waals surface area contributed by atoms with Crippen LogP contribution in [0.15, 0.2) is 0 Å². The summed E-state index contributed by atoms with van der Waals surface area (Å²) in [5.41, 5.74) is 0. The number of hydrogen-bond acceptors (Lipinski definition) is 4. The van der Waals surface area contributed by atoms with E-state index in [-0.39, 0.29) is 0 Å². The molecule has 2 aliphatic rings. The van der Waals surface area contributed by atoms with Gasteiger partial charge in [-0.1, -0.05) is 0 Å². The van der Waals surface area contributed by atoms with Gasteiger partial charge >= 0.3 is 0 Å². The van der Waals surface area contributed by atoms with E-state index in [0.29, 0.717) is 17.8 Å². The lowest BCUT2D eigenvalue weighted by Crippen LogP contribution is -1.97. The minimum Gasteiger partial charge on any atom is -0.253 e. The van der Waals surface area contributed by atoms with Gasteiger partial charge in [0, 0.05) is 32.4 Å². The molecule has 0 radical (unpaired) electrons. The van der Waals surface area contributed by atoms with E-state index in [4.69, 9.17) is 4.98 Å². The molecule has 2 aromatic heterocycles. The largest absolute Gasteiger partial charge is 0.253 e. The molecule has 2 heterocycles. The van der Waals surface area contributed by atoms with E-state index in [1.807, 2.05) is 30.4 Å². The van der Waals surface area contributed by atoms with Gasteiger partial charge in [-0.05, 0) is 32.1 Å². The van der Waals surface area contributed by atoms with Crippen molar-refractivity contribution >= 4 is 0 Å². The smallest absolute Gasteiger partial charge is 0.154 e. The Morgan fingerprint density at radius 2 is 1.90 bits per heavy atom. The molecule has 0 spiro atoms. The highest BCUT2D eigenvalue weighted by Gasteiger charge is 2.42. The summed E-state index contributed by atoms with van der Waals surface area (Å²) in [5.74, 6) is 5.93. The van der Waals surface area contributed by atoms with Crippen molar-refractivity contribution in [1.29, 1.82) is 0 Å². The number of hydrogen-bond donors (Lipinski definition) is 0. The Kier molecular flexibility index (Phi) is 2.49. The Balaban J connectivity index is 1.44. The first-order chi connectivity index (χ1) is 9.61. The zero-order valence-electron chi connectivity index (χ0n) is 12.2. The van der Waals surface area contributed by atoms with Crippen molar-refractivity contribution in [3.8, 4) is 0 Å². The minimum atomic E-state index is 0.503. The second-order valence-electron chi connectivity index (χ2n) is 6.23. The summed E-state index contributed by atoms with van der Waals surface area (Å²) >= 11 is 0. The van der Waals surface area contributed by atoms with E-state index in [2.05, 4.69) is 15.2 Å². The van der Waals surface area contributed by atoms with Crippen LogP contribution in [0.3, 0.4) is 0 Å². The fourth-order valence-corrected chi connectivity index (χ4v) is 2.90. The van der Waals surface area contributed by atoms with Gasteiger partial charge in [0.25, 0.3) is 0 Å². The van der Waals surface area contributed by atoms with Gasteiger partial charge < -0.3 is 0 Å². The Morgan fingerprint density at radius 3 is 2.55 bits per heavy atom. The Morgan fingerprint density at radius 1 is 1.10 bits per heavy atom. The maximum absolute atomic E-state index is 4.71. The van der Waals surface area contributed by atoms with Crippen molar-refractivity contribution in [2.75, 3.05) is 0 Å². The molecule has 20 heavy (non-hydrogen) atoms. The summed E-state index contributed by atoms with van der Waals surface area (Å²) < 4.78 is 3.82. The number of aromatic nitrogens is 6. The highest BCUT2D eigenvalue weighted by Crippen LogP contribution is 2.48. The Bertz CT molecular complexity index is 631. The van der Waals surface area contributed by atoms with E-state index in [9.17, 15) is 0 Å². The molecule has 0 amide bonds. The quantitative estimate of drug-likeness (QED) is 0.845. The minimum absolute atomic E-state index is 0.503. The average molecular weight is 272 g/mol. The van der Waals surface area contributed by atoms with Gasteiger partial charge in [0.15, 0.2) is 11.6 Å². The molecule has 0 bridgehead atoms. The van der Waals surface area contributed by atoms with Crippen LogP contribution >= 0.6 is 0 Å². The predicted molar refractivity (Wildman–Crippen MR) is 73.3 cm³/mol. The van der Waals surface area contributed by atoms with Crippen LogP contribution in [-0.4, -0.2) is 29.5 Å². The van der Waals surface area contributed by atoms with Crippen LogP contribution in [0, 0.1) is 12.8 Å². The summed E-state index contributed by atoms with van der Waals surface area (Å²) in [6.45, 7) is 2.00. The summed E-state index contributed by atoms with van der Waals surface area (Å²) in [6.07, 6.45) is 4.67. The lowest BCUT2D eigenvalue weighted by molar-refractivity contribution is 0.673. The molecular formula is C14H20N6. The topological polar surface area (TPSA) is 61.4 Å². The molecule has 0 aliphatic heterocycles. The van der Waals surface area contributed by atoms with Crippen LogP contribution in [0.5, 0.6) is 0 Å². The fraction of sp³-hybridized carbons (Fsp3) is 0.714. The maximum atomic E-state index is 4.71. The van der Waals surface area contributed by atoms with E-state index < -0.39 is 0 Å². The van der Waals surface area contributed by atoms with Crippen LogP contribution in [0.25, 0.3) is 0 Å². The third-order valence-corrected chi connectivity index (χ3v) is 4.48. The van der Waals surface area contributed by atoms with Gasteiger partial charge in [-0.25, -0.2) is 9.97 Å². The molecule has 2 atom stereocenters. The lowest BCUT2D eigenvalue weighted by atomic mass is 10.2. The molecule has 2 aromatic rings. The zero-order chi connectivity index (χ0) is 13.9. The fourth-order valence-electron chi connectivity index (χ4n) is 2.90. The third-order valence-electron chi connectivity index (χ3n) is 4.48. The van der Waals surface area contributed by atoms with Gasteiger partial charge in [-0.2, -0.15) is 10.2 Å². The van der Waals surface area contributed by atoms with Crippen LogP contribution in [0.1, 0.15) is 54.4 Å². The van der Waals surface area contributed by atoms with Crippen molar-refractivity contribution in [3.63, 3.8) is 0 Å². The number of aryl methyl sites for hydroxylation is 3. The van der Waals surface area contributed by atoms with Crippen LogP contribution in [-0.2, 0) is 20.5 Å². The predicted octanol–water partition coefficient (Wildman–Crippen LogP) is 1.48. The van der Waals surface area contributed by atoms with Gasteiger partial charge in [-0.15, -0.1) is 0 Å². The third kappa shape index (κ3) is 2.03. The average Bonchev–Trinajstić information content (AvgIpc) is 3.29. The van der Waals surface area contributed by atoms with E-state index in [1.54, 1.807) is 0 Å². The molecule has 0 aromatic carbocycles. The van der Waals surface area contributed by atoms with E-state index in [0.717, 1.165) is 23.9 Å². The highest BCUT2D eigenvalue weighted by molar-refractivity contribution is 5.14. The Hall–Kier alpha value is -1.72. The maximum Gasteiger partial charge on any atom is 0.154 e. The SMILES string of the molecule is Cc1nc(C2CC2Cc2nc(C3CC3)n(C)n2)nn1C. The summed E-state index contributed by atoms with van der Waals surface area (Å²) in [7, 11) is 3.96. The second-order valence-corrected chi connectivity index (χ2v) is 6.23. The number of rotatable bonds is 4. The molecular weight excluding hydrogens is 252 g/mol. The molecule has 2 unspecified atom stereocenters. The van der Waals surface area contributed by atoms with Crippen molar-refractivity contribution in [2.24, 2.45) is 20.0 Å². The molecule has 6 nitrogen and oxygen atoms in total. The Labute approximate surface area is 118 Å². The molecule has 2 aliphatic carbocycles. The molecule has 106 valence electrons. The van der Waals surface area contributed by atoms with Crippen LogP contribution < -0.4 is 0 Å². The monoisotopic (exact) mass is 272 g/mol. The van der Waals surface area contributed by atoms with E-state index >= 15 is 0 Å². The molecule has 0 saturated heterocycles. The zero-order valence-corrected chi connectivity index (χ0v) is 12.2. The molecule has 4 rings (SSSR count). The van der Waals surface area contributed by atoms with Crippen molar-refractivity contribution in [2.45, 2.75) is 44.4 Å². The summed E-state index contributed by atoms with van der Waals surface area (Å²) in [5, 5.41) is 9.05. The van der Waals surface area contributed by atoms with Gasteiger partial charge in [0.1, 0.15) is 11.6 Å². The van der Waals surface area contributed by atoms with Crippen molar-refractivity contribution in [1.82, 2.24) is 29.5 Å². The first-order valence-corrected chi connectivity index (χ1v) is 7.39. The van der Waals surface area contributed by atoms with Gasteiger partial charge in [-0.3, -0.25) is 9.36 Å². The number of nitrogens with zero attached hydrogens (tertiary/aromatic N) is 6. The second kappa shape index (κ2) is 4.14. The van der Waals surface area contributed by atoms with Crippen LogP contribution in [0.2, 0.25) is 0 Å². The molecule has 2 fully saturated rings. The normalized spacial score (nSPS) is 25.1. The van der Waals surface area contributed by atoms with Crippen molar-refractivity contribution in [3.05, 3.63) is 23.3 Å². The summed E-state index contributed by atoms with van der Waals surface area (Å²) in [4.78, 5) is 9.24.